The lowest BCUT2D eigenvalue weighted by Gasteiger charge is -2.28. The predicted molar refractivity (Wildman–Crippen MR) is 105 cm³/mol. The maximum atomic E-state index is 13.0. The Labute approximate surface area is 162 Å². The quantitative estimate of drug-likeness (QED) is 0.455. The fraction of sp³-hybridized carbons (Fsp3) is 0.136. The average Bonchev–Trinajstić information content (AvgIpc) is 2.69. The minimum absolute atomic E-state index is 0.179. The molecule has 0 saturated carbocycles. The molecule has 2 amide bonds. The maximum Gasteiger partial charge on any atom is 0.305 e. The Morgan fingerprint density at radius 3 is 2.54 bits per heavy atom. The summed E-state index contributed by atoms with van der Waals surface area (Å²) in [7, 11) is 0. The minimum atomic E-state index is -1.07. The molecule has 1 aliphatic rings. The van der Waals surface area contributed by atoms with Gasteiger partial charge >= 0.3 is 5.97 Å². The Bertz CT molecular complexity index is 976. The van der Waals surface area contributed by atoms with Crippen molar-refractivity contribution in [2.24, 2.45) is 0 Å². The molecule has 0 atom stereocenters. The summed E-state index contributed by atoms with van der Waals surface area (Å²) >= 11 is 0. The molecule has 0 aromatic heterocycles. The highest BCUT2D eigenvalue weighted by Gasteiger charge is 2.34. The van der Waals surface area contributed by atoms with Crippen molar-refractivity contribution >= 4 is 29.4 Å². The van der Waals surface area contributed by atoms with Gasteiger partial charge in [-0.25, -0.2) is 0 Å². The van der Waals surface area contributed by atoms with Crippen molar-refractivity contribution in [3.05, 3.63) is 77.9 Å². The number of carboxylic acids is 1. The van der Waals surface area contributed by atoms with Gasteiger partial charge in [-0.15, -0.1) is 0 Å². The lowest BCUT2D eigenvalue weighted by atomic mass is 9.92. The molecule has 6 nitrogen and oxygen atoms in total. The number of nitrogens with zero attached hydrogens (tertiary/aromatic N) is 1. The van der Waals surface area contributed by atoms with Crippen molar-refractivity contribution in [2.75, 3.05) is 13.2 Å². The molecular formula is C22H19NO5. The van der Waals surface area contributed by atoms with Gasteiger partial charge in [0.05, 0.1) is 6.42 Å². The van der Waals surface area contributed by atoms with E-state index in [-0.39, 0.29) is 13.0 Å². The van der Waals surface area contributed by atoms with E-state index in [2.05, 4.69) is 6.58 Å². The van der Waals surface area contributed by atoms with E-state index >= 15 is 0 Å². The van der Waals surface area contributed by atoms with E-state index < -0.39 is 17.8 Å². The molecule has 0 saturated heterocycles. The van der Waals surface area contributed by atoms with E-state index in [4.69, 9.17) is 9.84 Å². The third kappa shape index (κ3) is 4.01. The third-order valence-electron chi connectivity index (χ3n) is 4.25. The van der Waals surface area contributed by atoms with E-state index in [1.807, 2.05) is 6.07 Å². The Morgan fingerprint density at radius 2 is 1.82 bits per heavy atom. The second-order valence-electron chi connectivity index (χ2n) is 6.18. The molecule has 1 aliphatic heterocycles. The van der Waals surface area contributed by atoms with Gasteiger partial charge in [0, 0.05) is 17.7 Å². The van der Waals surface area contributed by atoms with Crippen LogP contribution in [0.15, 0.2) is 61.2 Å². The van der Waals surface area contributed by atoms with E-state index in [0.29, 0.717) is 29.1 Å². The summed E-state index contributed by atoms with van der Waals surface area (Å²) in [5.41, 5.74) is 1.97. The number of carbonyl (C=O) groups is 3. The molecule has 1 N–H and O–H groups in total. The van der Waals surface area contributed by atoms with Crippen molar-refractivity contribution in [1.82, 2.24) is 4.90 Å². The average molecular weight is 377 g/mol. The number of hydrogen-bond acceptors (Lipinski definition) is 4. The molecule has 0 aliphatic carbocycles. The van der Waals surface area contributed by atoms with Gasteiger partial charge in [-0.2, -0.15) is 0 Å². The van der Waals surface area contributed by atoms with Gasteiger partial charge in [0.25, 0.3) is 11.8 Å². The highest BCUT2D eigenvalue weighted by Crippen LogP contribution is 2.31. The number of ether oxygens (including phenoxy) is 1. The van der Waals surface area contributed by atoms with Crippen molar-refractivity contribution in [1.29, 1.82) is 0 Å². The molecular weight excluding hydrogens is 358 g/mol. The third-order valence-corrected chi connectivity index (χ3v) is 4.25. The first kappa shape index (κ1) is 19.1. The van der Waals surface area contributed by atoms with Crippen LogP contribution in [0.2, 0.25) is 0 Å². The zero-order valence-corrected chi connectivity index (χ0v) is 15.1. The summed E-state index contributed by atoms with van der Waals surface area (Å²) in [4.78, 5) is 37.5. The number of aliphatic carboxylic acids is 1. The zero-order valence-electron chi connectivity index (χ0n) is 15.1. The first-order chi connectivity index (χ1) is 13.5. The summed E-state index contributed by atoms with van der Waals surface area (Å²) < 4.78 is 5.52. The minimum Gasteiger partial charge on any atom is -0.490 e. The van der Waals surface area contributed by atoms with Gasteiger partial charge in [0.2, 0.25) is 0 Å². The fourth-order valence-corrected chi connectivity index (χ4v) is 2.97. The lowest BCUT2D eigenvalue weighted by molar-refractivity contribution is -0.137. The monoisotopic (exact) mass is 377 g/mol. The van der Waals surface area contributed by atoms with E-state index in [9.17, 15) is 14.4 Å². The van der Waals surface area contributed by atoms with Gasteiger partial charge in [-0.1, -0.05) is 43.0 Å². The van der Waals surface area contributed by atoms with E-state index in [1.165, 1.54) is 0 Å². The SMILES string of the molecule is C=CCOc1cccc(/C=C2\C(=O)N(CCC(=O)O)C(=O)c3ccccc32)c1. The number of rotatable bonds is 7. The summed E-state index contributed by atoms with van der Waals surface area (Å²) in [6.45, 7) is 3.79. The number of amides is 2. The molecule has 6 heteroatoms. The first-order valence-electron chi connectivity index (χ1n) is 8.74. The van der Waals surface area contributed by atoms with Crippen LogP contribution in [0.25, 0.3) is 11.6 Å². The predicted octanol–water partition coefficient (Wildman–Crippen LogP) is 3.25. The number of imide groups is 1. The number of fused-ring (bicyclic) bond motifs is 1. The first-order valence-corrected chi connectivity index (χ1v) is 8.74. The second-order valence-corrected chi connectivity index (χ2v) is 6.18. The number of carbonyl (C=O) groups excluding carboxylic acids is 2. The maximum absolute atomic E-state index is 13.0. The molecule has 2 aromatic carbocycles. The molecule has 0 bridgehead atoms. The second kappa shape index (κ2) is 8.35. The molecule has 2 aromatic rings. The molecule has 0 radical (unpaired) electrons. The number of hydrogen-bond donors (Lipinski definition) is 1. The Balaban J connectivity index is 2.03. The van der Waals surface area contributed by atoms with E-state index in [0.717, 1.165) is 10.5 Å². The number of carboxylic acid groups (broad SMARTS) is 1. The van der Waals surface area contributed by atoms with Gasteiger partial charge in [-0.3, -0.25) is 19.3 Å². The molecule has 1 heterocycles. The van der Waals surface area contributed by atoms with Crippen molar-refractivity contribution in [3.8, 4) is 5.75 Å². The topological polar surface area (TPSA) is 83.9 Å². The largest absolute Gasteiger partial charge is 0.490 e. The normalized spacial score (nSPS) is 14.7. The lowest BCUT2D eigenvalue weighted by Crippen LogP contribution is -2.42. The molecule has 3 rings (SSSR count). The Hall–Kier alpha value is -3.67. The Morgan fingerprint density at radius 1 is 1.07 bits per heavy atom. The molecule has 0 spiro atoms. The van der Waals surface area contributed by atoms with Crippen LogP contribution in [0.5, 0.6) is 5.75 Å². The fourth-order valence-electron chi connectivity index (χ4n) is 2.97. The summed E-state index contributed by atoms with van der Waals surface area (Å²) in [6, 6.07) is 14.0. The highest BCUT2D eigenvalue weighted by molar-refractivity contribution is 6.33. The van der Waals surface area contributed by atoms with Gasteiger partial charge in [0.1, 0.15) is 12.4 Å². The van der Waals surface area contributed by atoms with Crippen LogP contribution < -0.4 is 4.74 Å². The summed E-state index contributed by atoms with van der Waals surface area (Å²) in [6.07, 6.45) is 3.01. The summed E-state index contributed by atoms with van der Waals surface area (Å²) in [5.74, 6) is -1.44. The van der Waals surface area contributed by atoms with Crippen molar-refractivity contribution in [3.63, 3.8) is 0 Å². The highest BCUT2D eigenvalue weighted by atomic mass is 16.5. The molecule has 28 heavy (non-hydrogen) atoms. The zero-order chi connectivity index (χ0) is 20.1. The van der Waals surface area contributed by atoms with Crippen molar-refractivity contribution < 1.29 is 24.2 Å². The van der Waals surface area contributed by atoms with Crippen LogP contribution in [-0.4, -0.2) is 40.9 Å². The van der Waals surface area contributed by atoms with Gasteiger partial charge < -0.3 is 9.84 Å². The standard InChI is InChI=1S/C22H19NO5/c1-2-12-28-16-7-5-6-15(13-16)14-19-17-8-3-4-9-18(17)21(26)23(22(19)27)11-10-20(24)25/h2-9,13-14H,1,10-12H2,(H,24,25)/b19-14-. The van der Waals surface area contributed by atoms with Gasteiger partial charge in [-0.05, 0) is 35.4 Å². The van der Waals surface area contributed by atoms with Crippen LogP contribution >= 0.6 is 0 Å². The van der Waals surface area contributed by atoms with Crippen molar-refractivity contribution in [2.45, 2.75) is 6.42 Å². The van der Waals surface area contributed by atoms with Crippen LogP contribution in [0.3, 0.4) is 0 Å². The molecule has 0 fully saturated rings. The Kier molecular flexibility index (Phi) is 5.69. The summed E-state index contributed by atoms with van der Waals surface area (Å²) in [5, 5.41) is 8.93. The molecule has 142 valence electrons. The van der Waals surface area contributed by atoms with E-state index in [1.54, 1.807) is 54.6 Å². The molecule has 0 unspecified atom stereocenters. The van der Waals surface area contributed by atoms with Crippen LogP contribution in [0.1, 0.15) is 27.9 Å². The van der Waals surface area contributed by atoms with Crippen LogP contribution in [-0.2, 0) is 9.59 Å². The number of benzene rings is 2. The smallest absolute Gasteiger partial charge is 0.305 e. The van der Waals surface area contributed by atoms with Crippen LogP contribution in [0, 0.1) is 0 Å². The van der Waals surface area contributed by atoms with Crippen LogP contribution in [0.4, 0.5) is 0 Å². The van der Waals surface area contributed by atoms with Gasteiger partial charge in [0.15, 0.2) is 0 Å².